The average molecular weight is 574 g/mol. The Hall–Kier alpha value is -2.96. The normalized spacial score (nSPS) is 21.1. The van der Waals surface area contributed by atoms with Crippen molar-refractivity contribution in [3.63, 3.8) is 0 Å². The number of nitrogens with zero attached hydrogens (tertiary/aromatic N) is 2. The Morgan fingerprint density at radius 1 is 1.05 bits per heavy atom. The molecule has 11 heteroatoms. The van der Waals surface area contributed by atoms with Crippen molar-refractivity contribution in [1.82, 2.24) is 5.32 Å². The molecule has 4 atom stereocenters. The van der Waals surface area contributed by atoms with Gasteiger partial charge in [-0.25, -0.2) is 0 Å². The zero-order chi connectivity index (χ0) is 29.0. The lowest BCUT2D eigenvalue weighted by atomic mass is 9.85. The molecule has 41 heavy (non-hydrogen) atoms. The van der Waals surface area contributed by atoms with E-state index in [9.17, 15) is 10.1 Å². The quantitative estimate of drug-likeness (QED) is 0.182. The van der Waals surface area contributed by atoms with E-state index in [1.54, 1.807) is 14.2 Å². The molecule has 2 aliphatic heterocycles. The summed E-state index contributed by atoms with van der Waals surface area (Å²) in [4.78, 5) is 18.8. The van der Waals surface area contributed by atoms with Gasteiger partial charge in [-0.2, -0.15) is 0 Å². The maximum absolute atomic E-state index is 11.3. The third kappa shape index (κ3) is 9.01. The Balaban J connectivity index is 1.44. The molecule has 1 saturated heterocycles. The summed E-state index contributed by atoms with van der Waals surface area (Å²) in [7, 11) is 3.40. The van der Waals surface area contributed by atoms with Crippen LogP contribution in [-0.2, 0) is 37.0 Å². The highest BCUT2D eigenvalue weighted by molar-refractivity contribution is 5.61. The molecule has 0 amide bonds. The molecule has 11 nitrogen and oxygen atoms in total. The highest BCUT2D eigenvalue weighted by Gasteiger charge is 2.37. The number of anilines is 1. The van der Waals surface area contributed by atoms with Crippen molar-refractivity contribution in [3.8, 4) is 5.75 Å². The Kier molecular flexibility index (Phi) is 12.0. The van der Waals surface area contributed by atoms with Crippen LogP contribution in [0.3, 0.4) is 0 Å². The van der Waals surface area contributed by atoms with Crippen molar-refractivity contribution in [2.24, 2.45) is 5.92 Å². The maximum atomic E-state index is 11.3. The predicted molar refractivity (Wildman–Crippen MR) is 154 cm³/mol. The minimum atomic E-state index is -0.716. The highest BCUT2D eigenvalue weighted by Crippen LogP contribution is 2.34. The zero-order valence-electron chi connectivity index (χ0n) is 24.3. The molecule has 0 unspecified atom stereocenters. The molecule has 1 fully saturated rings. The van der Waals surface area contributed by atoms with Gasteiger partial charge < -0.3 is 38.7 Å². The predicted octanol–water partition coefficient (Wildman–Crippen LogP) is 3.57. The Morgan fingerprint density at radius 2 is 1.83 bits per heavy atom. The van der Waals surface area contributed by atoms with Crippen molar-refractivity contribution >= 4 is 5.69 Å². The topological polar surface area (TPSA) is 114 Å². The molecule has 0 radical (unpaired) electrons. The molecule has 2 aromatic carbocycles. The minimum Gasteiger partial charge on any atom is -0.490 e. The molecular weight excluding hydrogens is 530 g/mol. The summed E-state index contributed by atoms with van der Waals surface area (Å²) in [5.74, 6) is 0.865. The van der Waals surface area contributed by atoms with Gasteiger partial charge in [-0.1, -0.05) is 37.3 Å². The van der Waals surface area contributed by atoms with Crippen molar-refractivity contribution in [2.45, 2.75) is 44.7 Å². The summed E-state index contributed by atoms with van der Waals surface area (Å²) in [6.45, 7) is 8.18. The van der Waals surface area contributed by atoms with E-state index in [0.717, 1.165) is 47.6 Å². The Bertz CT molecular complexity index is 1090. The highest BCUT2D eigenvalue weighted by atomic mass is 17.0. The standard InChI is InChI=1S/C30H43N3O8/c1-22(18-37-3)19-38-20-23-5-8-25(9-6-23)30-28(16-31-17-29(30)41-33(34)35)40-21-24-7-10-27-26(15-24)32(12-14-39-27)11-4-13-36-2/h5-10,15,22,28-31H,4,11-14,16-21H2,1-3H3/t22-,28-,29+,30-/m0/s1. The second kappa shape index (κ2) is 15.9. The molecular formula is C30H43N3O8. The molecule has 0 spiro atoms. The van der Waals surface area contributed by atoms with Crippen LogP contribution in [0.5, 0.6) is 5.75 Å². The molecule has 0 aromatic heterocycles. The number of nitrogens with one attached hydrogen (secondary N) is 1. The lowest BCUT2D eigenvalue weighted by Gasteiger charge is -2.37. The Labute approximate surface area is 242 Å². The zero-order valence-corrected chi connectivity index (χ0v) is 24.3. The lowest BCUT2D eigenvalue weighted by molar-refractivity contribution is -0.769. The third-order valence-electron chi connectivity index (χ3n) is 7.42. The minimum absolute atomic E-state index is 0.313. The number of hydrogen-bond acceptors (Lipinski definition) is 10. The van der Waals surface area contributed by atoms with Gasteiger partial charge in [0.05, 0.1) is 44.8 Å². The van der Waals surface area contributed by atoms with Crippen LogP contribution in [-0.4, -0.2) is 84.1 Å². The summed E-state index contributed by atoms with van der Waals surface area (Å²) in [6, 6.07) is 14.1. The number of fused-ring (bicyclic) bond motifs is 1. The summed E-state index contributed by atoms with van der Waals surface area (Å²) in [6.07, 6.45) is -0.0633. The van der Waals surface area contributed by atoms with Crippen molar-refractivity contribution in [1.29, 1.82) is 0 Å². The van der Waals surface area contributed by atoms with E-state index >= 15 is 0 Å². The number of hydrogen-bond donors (Lipinski definition) is 1. The lowest BCUT2D eigenvalue weighted by Crippen LogP contribution is -2.51. The van der Waals surface area contributed by atoms with Crippen molar-refractivity contribution in [3.05, 3.63) is 69.3 Å². The number of methoxy groups -OCH3 is 2. The first-order chi connectivity index (χ1) is 20.0. The van der Waals surface area contributed by atoms with E-state index in [1.807, 2.05) is 36.4 Å². The van der Waals surface area contributed by atoms with E-state index in [4.69, 9.17) is 28.5 Å². The fourth-order valence-electron chi connectivity index (χ4n) is 5.46. The molecule has 2 heterocycles. The molecule has 226 valence electrons. The molecule has 2 aromatic rings. The van der Waals surface area contributed by atoms with E-state index in [1.165, 1.54) is 0 Å². The van der Waals surface area contributed by atoms with Crippen LogP contribution < -0.4 is 15.0 Å². The van der Waals surface area contributed by atoms with Gasteiger partial charge in [0.1, 0.15) is 18.5 Å². The first kappa shape index (κ1) is 31.0. The number of benzene rings is 2. The van der Waals surface area contributed by atoms with Crippen LogP contribution in [0.15, 0.2) is 42.5 Å². The first-order valence-corrected chi connectivity index (χ1v) is 14.3. The second-order valence-corrected chi connectivity index (χ2v) is 10.7. The monoisotopic (exact) mass is 573 g/mol. The molecule has 0 aliphatic carbocycles. The van der Waals surface area contributed by atoms with Gasteiger partial charge in [0, 0.05) is 52.3 Å². The average Bonchev–Trinajstić information content (AvgIpc) is 2.97. The Morgan fingerprint density at radius 3 is 2.59 bits per heavy atom. The van der Waals surface area contributed by atoms with Crippen LogP contribution in [0.4, 0.5) is 5.69 Å². The second-order valence-electron chi connectivity index (χ2n) is 10.7. The van der Waals surface area contributed by atoms with Gasteiger partial charge in [-0.3, -0.25) is 0 Å². The van der Waals surface area contributed by atoms with Crippen molar-refractivity contribution < 1.29 is 33.6 Å². The number of ether oxygens (including phenoxy) is 5. The van der Waals surface area contributed by atoms with Gasteiger partial charge in [0.2, 0.25) is 0 Å². The summed E-state index contributed by atoms with van der Waals surface area (Å²) < 4.78 is 28.5. The van der Waals surface area contributed by atoms with E-state index < -0.39 is 11.2 Å². The van der Waals surface area contributed by atoms with Crippen LogP contribution in [0, 0.1) is 16.0 Å². The first-order valence-electron chi connectivity index (χ1n) is 14.3. The van der Waals surface area contributed by atoms with Gasteiger partial charge in [-0.15, -0.1) is 10.1 Å². The van der Waals surface area contributed by atoms with Gasteiger partial charge in [0.25, 0.3) is 5.09 Å². The van der Waals surface area contributed by atoms with E-state index in [2.05, 4.69) is 23.2 Å². The summed E-state index contributed by atoms with van der Waals surface area (Å²) in [5.41, 5.74) is 4.03. The summed E-state index contributed by atoms with van der Waals surface area (Å²) in [5, 5.41) is 13.9. The molecule has 0 saturated carbocycles. The smallest absolute Gasteiger partial charge is 0.294 e. The maximum Gasteiger partial charge on any atom is 0.294 e. The number of piperidine rings is 1. The van der Waals surface area contributed by atoms with Gasteiger partial charge in [0.15, 0.2) is 0 Å². The van der Waals surface area contributed by atoms with E-state index in [-0.39, 0.29) is 12.0 Å². The fourth-order valence-corrected chi connectivity index (χ4v) is 5.46. The van der Waals surface area contributed by atoms with Crippen LogP contribution in [0.1, 0.15) is 36.0 Å². The molecule has 0 bridgehead atoms. The van der Waals surface area contributed by atoms with Gasteiger partial charge >= 0.3 is 0 Å². The van der Waals surface area contributed by atoms with E-state index in [0.29, 0.717) is 58.6 Å². The van der Waals surface area contributed by atoms with Gasteiger partial charge in [-0.05, 0) is 35.2 Å². The fraction of sp³-hybridized carbons (Fsp3) is 0.600. The van der Waals surface area contributed by atoms with Crippen LogP contribution in [0.2, 0.25) is 0 Å². The third-order valence-corrected chi connectivity index (χ3v) is 7.42. The molecule has 4 rings (SSSR count). The van der Waals surface area contributed by atoms with Crippen LogP contribution in [0.25, 0.3) is 0 Å². The van der Waals surface area contributed by atoms with Crippen LogP contribution >= 0.6 is 0 Å². The molecule has 2 aliphatic rings. The largest absolute Gasteiger partial charge is 0.490 e. The summed E-state index contributed by atoms with van der Waals surface area (Å²) >= 11 is 0. The molecule has 1 N–H and O–H groups in total. The van der Waals surface area contributed by atoms with Crippen molar-refractivity contribution in [2.75, 3.05) is 71.7 Å². The SMILES string of the molecule is COCCCN1CCOc2ccc(CO[C@H]3CNC[C@@H](O[N+](=O)[O-])[C@H]3c3ccc(COC[C@@H](C)COC)cc3)cc21. The number of rotatable bonds is 16.